The van der Waals surface area contributed by atoms with E-state index in [-0.39, 0.29) is 15.9 Å². The molecule has 0 saturated heterocycles. The number of hydrogen-bond acceptors (Lipinski definition) is 5. The SMILES string of the molecule is COc1ccc(CCNC(=O)COC(=O)c2nc(Cl)ccc2Cl)cc1. The number of rotatable bonds is 7. The number of esters is 1. The molecule has 1 aromatic heterocycles. The molecule has 6 nitrogen and oxygen atoms in total. The van der Waals surface area contributed by atoms with Crippen molar-refractivity contribution in [3.63, 3.8) is 0 Å². The molecule has 1 heterocycles. The van der Waals surface area contributed by atoms with Gasteiger partial charge >= 0.3 is 5.97 Å². The van der Waals surface area contributed by atoms with Crippen LogP contribution in [0.3, 0.4) is 0 Å². The van der Waals surface area contributed by atoms with Crippen LogP contribution >= 0.6 is 23.2 Å². The van der Waals surface area contributed by atoms with E-state index in [1.807, 2.05) is 24.3 Å². The zero-order valence-electron chi connectivity index (χ0n) is 13.4. The fraction of sp³-hybridized carbons (Fsp3) is 0.235. The molecule has 0 aliphatic heterocycles. The first-order valence-electron chi connectivity index (χ1n) is 7.38. The van der Waals surface area contributed by atoms with Crippen molar-refractivity contribution in [2.45, 2.75) is 6.42 Å². The lowest BCUT2D eigenvalue weighted by Crippen LogP contribution is -2.30. The van der Waals surface area contributed by atoms with Gasteiger partial charge in [-0.2, -0.15) is 0 Å². The van der Waals surface area contributed by atoms with Gasteiger partial charge in [0.15, 0.2) is 12.3 Å². The van der Waals surface area contributed by atoms with E-state index in [0.29, 0.717) is 13.0 Å². The van der Waals surface area contributed by atoms with Crippen molar-refractivity contribution in [3.8, 4) is 5.75 Å². The molecule has 1 amide bonds. The monoisotopic (exact) mass is 382 g/mol. The minimum Gasteiger partial charge on any atom is -0.497 e. The molecule has 2 aromatic rings. The quantitative estimate of drug-likeness (QED) is 0.588. The Kier molecular flexibility index (Phi) is 7.03. The second kappa shape index (κ2) is 9.25. The summed E-state index contributed by atoms with van der Waals surface area (Å²) < 4.78 is 9.96. The van der Waals surface area contributed by atoms with E-state index in [4.69, 9.17) is 32.7 Å². The van der Waals surface area contributed by atoms with Crippen molar-refractivity contribution in [3.05, 3.63) is 57.8 Å². The third-order valence-electron chi connectivity index (χ3n) is 3.23. The summed E-state index contributed by atoms with van der Waals surface area (Å²) in [6, 6.07) is 10.4. The predicted octanol–water partition coefficient (Wildman–Crippen LogP) is 2.91. The lowest BCUT2D eigenvalue weighted by Gasteiger charge is -2.08. The molecular formula is C17H16Cl2N2O4. The van der Waals surface area contributed by atoms with Gasteiger partial charge in [0.2, 0.25) is 0 Å². The smallest absolute Gasteiger partial charge is 0.359 e. The number of nitrogens with one attached hydrogen (secondary N) is 1. The lowest BCUT2D eigenvalue weighted by molar-refractivity contribution is -0.124. The van der Waals surface area contributed by atoms with E-state index < -0.39 is 18.5 Å². The topological polar surface area (TPSA) is 77.5 Å². The Labute approximate surface area is 155 Å². The Bertz CT molecular complexity index is 751. The summed E-state index contributed by atoms with van der Waals surface area (Å²) >= 11 is 11.6. The van der Waals surface area contributed by atoms with Crippen LogP contribution in [0.5, 0.6) is 5.75 Å². The fourth-order valence-electron chi connectivity index (χ4n) is 1.95. The summed E-state index contributed by atoms with van der Waals surface area (Å²) in [5.41, 5.74) is 0.924. The number of pyridine rings is 1. The molecule has 8 heteroatoms. The highest BCUT2D eigenvalue weighted by Crippen LogP contribution is 2.17. The third kappa shape index (κ3) is 5.92. The van der Waals surface area contributed by atoms with Crippen molar-refractivity contribution in [1.82, 2.24) is 10.3 Å². The summed E-state index contributed by atoms with van der Waals surface area (Å²) in [7, 11) is 1.60. The van der Waals surface area contributed by atoms with E-state index in [2.05, 4.69) is 10.3 Å². The van der Waals surface area contributed by atoms with E-state index >= 15 is 0 Å². The predicted molar refractivity (Wildman–Crippen MR) is 94.2 cm³/mol. The number of aromatic nitrogens is 1. The number of carbonyl (C=O) groups excluding carboxylic acids is 2. The number of methoxy groups -OCH3 is 1. The normalized spacial score (nSPS) is 10.2. The third-order valence-corrected chi connectivity index (χ3v) is 3.75. The van der Waals surface area contributed by atoms with Crippen LogP contribution in [0, 0.1) is 0 Å². The maximum Gasteiger partial charge on any atom is 0.359 e. The minimum atomic E-state index is -0.808. The number of nitrogens with zero attached hydrogens (tertiary/aromatic N) is 1. The highest BCUT2D eigenvalue weighted by atomic mass is 35.5. The number of halogens is 2. The van der Waals surface area contributed by atoms with Gasteiger partial charge in [-0.1, -0.05) is 35.3 Å². The molecule has 0 aliphatic rings. The molecule has 0 saturated carbocycles. The summed E-state index contributed by atoms with van der Waals surface area (Å²) in [5.74, 6) is -0.453. The van der Waals surface area contributed by atoms with Crippen LogP contribution in [-0.4, -0.2) is 37.1 Å². The van der Waals surface area contributed by atoms with Gasteiger partial charge in [-0.25, -0.2) is 9.78 Å². The highest BCUT2D eigenvalue weighted by Gasteiger charge is 2.16. The molecular weight excluding hydrogens is 367 g/mol. The van der Waals surface area contributed by atoms with Crippen molar-refractivity contribution in [1.29, 1.82) is 0 Å². The van der Waals surface area contributed by atoms with Gasteiger partial charge < -0.3 is 14.8 Å². The lowest BCUT2D eigenvalue weighted by atomic mass is 10.1. The Morgan fingerprint density at radius 3 is 2.52 bits per heavy atom. The van der Waals surface area contributed by atoms with Crippen LogP contribution in [-0.2, 0) is 16.0 Å². The summed E-state index contributed by atoms with van der Waals surface area (Å²) in [4.78, 5) is 27.4. The molecule has 1 aromatic carbocycles. The molecule has 0 spiro atoms. The molecule has 0 fully saturated rings. The van der Waals surface area contributed by atoms with Crippen molar-refractivity contribution in [2.75, 3.05) is 20.3 Å². The van der Waals surface area contributed by atoms with Gasteiger partial charge in [-0.3, -0.25) is 4.79 Å². The van der Waals surface area contributed by atoms with Crippen LogP contribution < -0.4 is 10.1 Å². The van der Waals surface area contributed by atoms with Crippen molar-refractivity contribution >= 4 is 35.1 Å². The second-order valence-electron chi connectivity index (χ2n) is 4.99. The molecule has 25 heavy (non-hydrogen) atoms. The standard InChI is InChI=1S/C17H16Cl2N2O4/c1-24-12-4-2-11(3-5-12)8-9-20-15(22)10-25-17(23)16-13(18)6-7-14(19)21-16/h2-7H,8-10H2,1H3,(H,20,22). The highest BCUT2D eigenvalue weighted by molar-refractivity contribution is 6.34. The summed E-state index contributed by atoms with van der Waals surface area (Å²) in [6.45, 7) is -0.00908. The number of amides is 1. The maximum atomic E-state index is 11.9. The molecule has 2 rings (SSSR count). The fourth-order valence-corrected chi connectivity index (χ4v) is 2.28. The van der Waals surface area contributed by atoms with Crippen LogP contribution in [0.1, 0.15) is 16.1 Å². The van der Waals surface area contributed by atoms with Gasteiger partial charge in [0, 0.05) is 6.54 Å². The van der Waals surface area contributed by atoms with Crippen LogP contribution in [0.15, 0.2) is 36.4 Å². The first-order chi connectivity index (χ1) is 12.0. The van der Waals surface area contributed by atoms with Crippen LogP contribution in [0.25, 0.3) is 0 Å². The van der Waals surface area contributed by atoms with E-state index in [0.717, 1.165) is 11.3 Å². The van der Waals surface area contributed by atoms with Gasteiger partial charge in [0.05, 0.1) is 12.1 Å². The molecule has 0 unspecified atom stereocenters. The Hall–Kier alpha value is -2.31. The van der Waals surface area contributed by atoms with Crippen molar-refractivity contribution in [2.24, 2.45) is 0 Å². The average Bonchev–Trinajstić information content (AvgIpc) is 2.62. The first kappa shape index (κ1) is 19.0. The zero-order chi connectivity index (χ0) is 18.2. The number of ether oxygens (including phenoxy) is 2. The van der Waals surface area contributed by atoms with Crippen molar-refractivity contribution < 1.29 is 19.1 Å². The molecule has 1 N–H and O–H groups in total. The van der Waals surface area contributed by atoms with Gasteiger partial charge in [0.25, 0.3) is 5.91 Å². The number of carbonyl (C=O) groups is 2. The molecule has 0 bridgehead atoms. The first-order valence-corrected chi connectivity index (χ1v) is 8.14. The van der Waals surface area contributed by atoms with Crippen LogP contribution in [0.4, 0.5) is 0 Å². The number of hydrogen-bond donors (Lipinski definition) is 1. The van der Waals surface area contributed by atoms with Gasteiger partial charge in [-0.15, -0.1) is 0 Å². The molecule has 0 aliphatic carbocycles. The summed E-state index contributed by atoms with van der Waals surface area (Å²) in [5, 5.41) is 2.88. The molecule has 132 valence electrons. The van der Waals surface area contributed by atoms with Gasteiger partial charge in [-0.05, 0) is 36.2 Å². The van der Waals surface area contributed by atoms with Gasteiger partial charge in [0.1, 0.15) is 10.9 Å². The van der Waals surface area contributed by atoms with E-state index in [9.17, 15) is 9.59 Å². The average molecular weight is 383 g/mol. The van der Waals surface area contributed by atoms with E-state index in [1.165, 1.54) is 12.1 Å². The zero-order valence-corrected chi connectivity index (χ0v) is 14.9. The Balaban J connectivity index is 1.74. The minimum absolute atomic E-state index is 0.106. The maximum absolute atomic E-state index is 11.9. The largest absolute Gasteiger partial charge is 0.497 e. The Morgan fingerprint density at radius 1 is 1.12 bits per heavy atom. The molecule has 0 radical (unpaired) electrons. The summed E-state index contributed by atoms with van der Waals surface area (Å²) in [6.07, 6.45) is 0.644. The Morgan fingerprint density at radius 2 is 1.84 bits per heavy atom. The number of benzene rings is 1. The van der Waals surface area contributed by atoms with E-state index in [1.54, 1.807) is 7.11 Å². The van der Waals surface area contributed by atoms with Crippen LogP contribution in [0.2, 0.25) is 10.2 Å². The second-order valence-corrected chi connectivity index (χ2v) is 5.78. The molecule has 0 atom stereocenters.